The van der Waals surface area contributed by atoms with Crippen LogP contribution in [0.15, 0.2) is 24.5 Å². The molecule has 1 N–H and O–H groups in total. The molecule has 5 nitrogen and oxygen atoms in total. The number of fused-ring (bicyclic) bond motifs is 1. The fourth-order valence-corrected chi connectivity index (χ4v) is 2.93. The van der Waals surface area contributed by atoms with Gasteiger partial charge in [0.2, 0.25) is 0 Å². The maximum absolute atomic E-state index is 11.2. The van der Waals surface area contributed by atoms with Crippen molar-refractivity contribution in [2.45, 2.75) is 19.4 Å². The van der Waals surface area contributed by atoms with Crippen LogP contribution in [-0.2, 0) is 6.54 Å². The van der Waals surface area contributed by atoms with Gasteiger partial charge in [-0.25, -0.2) is 9.78 Å². The molecule has 1 aromatic heterocycles. The van der Waals surface area contributed by atoms with Crippen molar-refractivity contribution in [1.82, 2.24) is 14.5 Å². The number of para-hydroxylation sites is 1. The second-order valence-electron chi connectivity index (χ2n) is 5.62. The summed E-state index contributed by atoms with van der Waals surface area (Å²) in [6.07, 6.45) is 4.15. The smallest absolute Gasteiger partial charge is 0.337 e. The first-order valence-electron chi connectivity index (χ1n) is 7.01. The number of imidazole rings is 1. The van der Waals surface area contributed by atoms with E-state index in [9.17, 15) is 9.90 Å². The van der Waals surface area contributed by atoms with Crippen molar-refractivity contribution >= 4 is 17.0 Å². The molecule has 1 saturated heterocycles. The van der Waals surface area contributed by atoms with Crippen molar-refractivity contribution in [3.63, 3.8) is 0 Å². The van der Waals surface area contributed by atoms with E-state index in [1.54, 1.807) is 18.5 Å². The fourth-order valence-electron chi connectivity index (χ4n) is 2.93. The molecule has 5 heteroatoms. The summed E-state index contributed by atoms with van der Waals surface area (Å²) in [5.74, 6) is -0.266. The van der Waals surface area contributed by atoms with Crippen molar-refractivity contribution in [3.05, 3.63) is 30.1 Å². The molecule has 2 heterocycles. The minimum absolute atomic E-state index is 0.282. The van der Waals surface area contributed by atoms with Crippen molar-refractivity contribution in [2.24, 2.45) is 5.92 Å². The number of hydrogen-bond donors (Lipinski definition) is 1. The van der Waals surface area contributed by atoms with Crippen LogP contribution < -0.4 is 0 Å². The van der Waals surface area contributed by atoms with E-state index < -0.39 is 5.97 Å². The van der Waals surface area contributed by atoms with Gasteiger partial charge < -0.3 is 14.6 Å². The van der Waals surface area contributed by atoms with Crippen LogP contribution in [0.4, 0.5) is 0 Å². The average molecular weight is 273 g/mol. The molecule has 1 aliphatic heterocycles. The molecule has 0 amide bonds. The molecule has 3 rings (SSSR count). The van der Waals surface area contributed by atoms with Gasteiger partial charge in [0.1, 0.15) is 5.52 Å². The zero-order chi connectivity index (χ0) is 14.1. The Balaban J connectivity index is 1.86. The maximum atomic E-state index is 11.2. The number of aromatic carboxylic acids is 1. The third-order valence-corrected chi connectivity index (χ3v) is 4.17. The van der Waals surface area contributed by atoms with E-state index in [1.165, 1.54) is 12.8 Å². The van der Waals surface area contributed by atoms with Gasteiger partial charge >= 0.3 is 5.97 Å². The zero-order valence-electron chi connectivity index (χ0n) is 11.6. The van der Waals surface area contributed by atoms with Crippen LogP contribution >= 0.6 is 0 Å². The van der Waals surface area contributed by atoms with E-state index >= 15 is 0 Å². The summed E-state index contributed by atoms with van der Waals surface area (Å²) in [5.41, 5.74) is 1.79. The van der Waals surface area contributed by atoms with Gasteiger partial charge in [-0.05, 0) is 51.0 Å². The molecule has 0 spiro atoms. The number of hydrogen-bond acceptors (Lipinski definition) is 3. The lowest BCUT2D eigenvalue weighted by molar-refractivity contribution is 0.0699. The van der Waals surface area contributed by atoms with Crippen LogP contribution in [0.1, 0.15) is 23.2 Å². The normalized spacial score (nSPS) is 17.6. The van der Waals surface area contributed by atoms with Gasteiger partial charge in [-0.15, -0.1) is 0 Å². The highest BCUT2D eigenvalue weighted by Crippen LogP contribution is 2.22. The minimum Gasteiger partial charge on any atom is -0.478 e. The molecule has 0 saturated carbocycles. The number of carboxylic acid groups (broad SMARTS) is 1. The predicted molar refractivity (Wildman–Crippen MR) is 76.9 cm³/mol. The van der Waals surface area contributed by atoms with Gasteiger partial charge in [0.25, 0.3) is 0 Å². The topological polar surface area (TPSA) is 58.4 Å². The molecule has 1 aliphatic rings. The van der Waals surface area contributed by atoms with E-state index in [0.29, 0.717) is 11.4 Å². The molecule has 106 valence electrons. The highest BCUT2D eigenvalue weighted by Gasteiger charge is 2.19. The molecule has 2 aromatic rings. The first kappa shape index (κ1) is 13.1. The second-order valence-corrected chi connectivity index (χ2v) is 5.62. The van der Waals surface area contributed by atoms with Crippen molar-refractivity contribution in [1.29, 1.82) is 0 Å². The molecule has 20 heavy (non-hydrogen) atoms. The van der Waals surface area contributed by atoms with E-state index in [2.05, 4.69) is 21.5 Å². The number of nitrogens with zero attached hydrogens (tertiary/aromatic N) is 3. The number of benzene rings is 1. The lowest BCUT2D eigenvalue weighted by Gasteiger charge is -2.29. The standard InChI is InChI=1S/C15H19N3O2/c1-17-7-5-11(6-8-17)9-18-10-16-14-12(15(19)20)3-2-4-13(14)18/h2-4,10-11H,5-9H2,1H3,(H,19,20). The number of piperidine rings is 1. The van der Waals surface area contributed by atoms with Crippen molar-refractivity contribution in [2.75, 3.05) is 20.1 Å². The van der Waals surface area contributed by atoms with Crippen molar-refractivity contribution < 1.29 is 9.90 Å². The molecule has 1 fully saturated rings. The Labute approximate surface area is 117 Å². The third kappa shape index (κ3) is 2.41. The van der Waals surface area contributed by atoms with Crippen LogP contribution in [-0.4, -0.2) is 45.7 Å². The Hall–Kier alpha value is -1.88. The van der Waals surface area contributed by atoms with Gasteiger partial charge in [-0.3, -0.25) is 0 Å². The minimum atomic E-state index is -0.917. The van der Waals surface area contributed by atoms with Crippen LogP contribution in [0.3, 0.4) is 0 Å². The van der Waals surface area contributed by atoms with Gasteiger partial charge in [-0.2, -0.15) is 0 Å². The summed E-state index contributed by atoms with van der Waals surface area (Å²) in [7, 11) is 2.15. The lowest BCUT2D eigenvalue weighted by atomic mass is 9.97. The summed E-state index contributed by atoms with van der Waals surface area (Å²) in [5, 5.41) is 9.19. The molecule has 0 bridgehead atoms. The summed E-state index contributed by atoms with van der Waals surface area (Å²) in [6, 6.07) is 5.35. The lowest BCUT2D eigenvalue weighted by Crippen LogP contribution is -2.31. The second kappa shape index (κ2) is 5.25. The van der Waals surface area contributed by atoms with E-state index in [4.69, 9.17) is 0 Å². The monoisotopic (exact) mass is 273 g/mol. The summed E-state index contributed by atoms with van der Waals surface area (Å²) >= 11 is 0. The summed E-state index contributed by atoms with van der Waals surface area (Å²) < 4.78 is 2.10. The third-order valence-electron chi connectivity index (χ3n) is 4.17. The van der Waals surface area contributed by atoms with Gasteiger partial charge in [0, 0.05) is 6.54 Å². The zero-order valence-corrected chi connectivity index (χ0v) is 11.6. The molecule has 0 radical (unpaired) electrons. The van der Waals surface area contributed by atoms with Crippen LogP contribution in [0.2, 0.25) is 0 Å². The predicted octanol–water partition coefficient (Wildman–Crippen LogP) is 2.08. The number of rotatable bonds is 3. The molecule has 0 atom stereocenters. The van der Waals surface area contributed by atoms with Gasteiger partial charge in [0.05, 0.1) is 17.4 Å². The molecular formula is C15H19N3O2. The quantitative estimate of drug-likeness (QED) is 0.930. The van der Waals surface area contributed by atoms with Gasteiger partial charge in [-0.1, -0.05) is 6.07 Å². The fraction of sp³-hybridized carbons (Fsp3) is 0.467. The Kier molecular flexibility index (Phi) is 3.44. The Morgan fingerprint density at radius 1 is 1.40 bits per heavy atom. The van der Waals surface area contributed by atoms with Crippen LogP contribution in [0, 0.1) is 5.92 Å². The summed E-state index contributed by atoms with van der Waals surface area (Å²) in [6.45, 7) is 3.20. The molecule has 0 aliphatic carbocycles. The number of likely N-dealkylation sites (tertiary alicyclic amines) is 1. The highest BCUT2D eigenvalue weighted by molar-refractivity contribution is 6.00. The molecule has 1 aromatic carbocycles. The largest absolute Gasteiger partial charge is 0.478 e. The number of aromatic nitrogens is 2. The van der Waals surface area contributed by atoms with E-state index in [-0.39, 0.29) is 5.56 Å². The Morgan fingerprint density at radius 3 is 2.85 bits per heavy atom. The highest BCUT2D eigenvalue weighted by atomic mass is 16.4. The van der Waals surface area contributed by atoms with Crippen molar-refractivity contribution in [3.8, 4) is 0 Å². The number of carbonyl (C=O) groups is 1. The van der Waals surface area contributed by atoms with Gasteiger partial charge in [0.15, 0.2) is 0 Å². The van der Waals surface area contributed by atoms with E-state index in [1.807, 2.05) is 6.07 Å². The first-order chi connectivity index (χ1) is 9.65. The SMILES string of the molecule is CN1CCC(Cn2cnc3c(C(=O)O)cccc32)CC1. The Morgan fingerprint density at radius 2 is 2.15 bits per heavy atom. The molecule has 0 unspecified atom stereocenters. The van der Waals surface area contributed by atoms with Crippen LogP contribution in [0.5, 0.6) is 0 Å². The summed E-state index contributed by atoms with van der Waals surface area (Å²) in [4.78, 5) is 17.8. The maximum Gasteiger partial charge on any atom is 0.337 e. The Bertz CT molecular complexity index is 627. The van der Waals surface area contributed by atoms with E-state index in [0.717, 1.165) is 25.2 Å². The van der Waals surface area contributed by atoms with Crippen LogP contribution in [0.25, 0.3) is 11.0 Å². The first-order valence-corrected chi connectivity index (χ1v) is 7.01. The molecular weight excluding hydrogens is 254 g/mol. The number of carboxylic acids is 1. The average Bonchev–Trinajstić information content (AvgIpc) is 2.84.